The third kappa shape index (κ3) is 10.7. The second-order valence-electron chi connectivity index (χ2n) is 11.2. The molecule has 0 unspecified atom stereocenters. The molecule has 1 heterocycles. The Morgan fingerprint density at radius 1 is 1.02 bits per heavy atom. The van der Waals surface area contributed by atoms with Crippen LogP contribution in [0.15, 0.2) is 24.3 Å². The first-order valence-electron chi connectivity index (χ1n) is 14.5. The van der Waals surface area contributed by atoms with Gasteiger partial charge in [-0.15, -0.1) is 0 Å². The third-order valence-corrected chi connectivity index (χ3v) is 8.61. The number of rotatable bonds is 18. The highest BCUT2D eigenvalue weighted by Crippen LogP contribution is 2.23. The molecule has 15 nitrogen and oxygen atoms in total. The second-order valence-corrected chi connectivity index (χ2v) is 12.1. The lowest BCUT2D eigenvalue weighted by molar-refractivity contribution is -0.143. The Bertz CT molecular complexity index is 1300. The van der Waals surface area contributed by atoms with Crippen LogP contribution in [0.2, 0.25) is 0 Å². The first-order valence-corrected chi connectivity index (χ1v) is 15.7. The molecule has 17 heteroatoms. The van der Waals surface area contributed by atoms with Crippen molar-refractivity contribution < 1.29 is 48.9 Å². The number of Topliss-reactive ketones (excluding diaryl/α,β-unsaturated/α-hetero) is 2. The Hall–Kier alpha value is -3.67. The van der Waals surface area contributed by atoms with Crippen LogP contribution in [0.25, 0.3) is 0 Å². The van der Waals surface area contributed by atoms with Crippen molar-refractivity contribution in [3.8, 4) is 5.75 Å². The van der Waals surface area contributed by atoms with Gasteiger partial charge in [-0.25, -0.2) is 0 Å². The number of phenols is 1. The summed E-state index contributed by atoms with van der Waals surface area (Å²) in [4.78, 5) is 89.4. The van der Waals surface area contributed by atoms with Crippen LogP contribution in [0.5, 0.6) is 5.75 Å². The number of carboxylic acids is 1. The highest BCUT2D eigenvalue weighted by Gasteiger charge is 2.39. The predicted molar refractivity (Wildman–Crippen MR) is 171 cm³/mol. The van der Waals surface area contributed by atoms with E-state index in [0.717, 1.165) is 0 Å². The van der Waals surface area contributed by atoms with E-state index in [-0.39, 0.29) is 37.3 Å². The number of hydrogen-bond donors (Lipinski definition) is 9. The number of hydrogen-bond acceptors (Lipinski definition) is 12. The van der Waals surface area contributed by atoms with Crippen LogP contribution >= 0.6 is 25.3 Å². The maximum atomic E-state index is 13.4. The topological polar surface area (TPSA) is 260 Å². The Labute approximate surface area is 276 Å². The molecule has 0 spiro atoms. The maximum Gasteiger partial charge on any atom is 0.318 e. The number of nitrogens with two attached hydrogens (primary N) is 2. The third-order valence-electron chi connectivity index (χ3n) is 7.70. The fraction of sp³-hybridized carbons (Fsp3) is 0.552. The lowest BCUT2D eigenvalue weighted by Gasteiger charge is -2.28. The first kappa shape index (κ1) is 38.5. The summed E-state index contributed by atoms with van der Waals surface area (Å²) in [5.74, 6) is -7.61. The molecule has 0 aliphatic carbocycles. The standard InChI is InChI=1S/C29H41N5O10S2/c1-14(9-22(38)23(30)24(46)29(43)44)28(42)34-8-2-3-20(34)27(41)33-19(13-45)21(37)11-16(10-15-4-6-17(36)7-5-15)26(40)32-18(12-35)25(31)39/h4-7,14,16,18-20,23-24,35-36,45-46H,2-3,8-13,30H2,1H3,(H2,31,39)(H,32,40)(H,33,41)(H,43,44)/t14-,16-,18+,19+,20+,23-,24-/m1/s1. The smallest absolute Gasteiger partial charge is 0.318 e. The average Bonchev–Trinajstić information content (AvgIpc) is 3.51. The number of nitrogens with one attached hydrogen (secondary N) is 2. The summed E-state index contributed by atoms with van der Waals surface area (Å²) < 4.78 is 0. The molecule has 4 amide bonds. The number of nitrogens with zero attached hydrogens (tertiary/aromatic N) is 1. The fourth-order valence-electron chi connectivity index (χ4n) is 4.99. The number of benzene rings is 1. The highest BCUT2D eigenvalue weighted by atomic mass is 32.1. The number of ketones is 2. The highest BCUT2D eigenvalue weighted by molar-refractivity contribution is 7.81. The van der Waals surface area contributed by atoms with Gasteiger partial charge >= 0.3 is 5.97 Å². The average molecular weight is 684 g/mol. The van der Waals surface area contributed by atoms with Gasteiger partial charge in [0.25, 0.3) is 0 Å². The zero-order chi connectivity index (χ0) is 34.7. The Kier molecular flexibility index (Phi) is 15.0. The van der Waals surface area contributed by atoms with Crippen LogP contribution in [0.1, 0.15) is 38.2 Å². The fourth-order valence-corrected chi connectivity index (χ4v) is 5.45. The van der Waals surface area contributed by atoms with Gasteiger partial charge in [0.05, 0.1) is 18.7 Å². The minimum atomic E-state index is -1.44. The quantitative estimate of drug-likeness (QED) is 0.0779. The van der Waals surface area contributed by atoms with Crippen molar-refractivity contribution in [2.75, 3.05) is 18.9 Å². The molecule has 0 saturated carbocycles. The summed E-state index contributed by atoms with van der Waals surface area (Å²) in [5.41, 5.74) is 11.5. The summed E-state index contributed by atoms with van der Waals surface area (Å²) in [5, 5.41) is 31.5. The van der Waals surface area contributed by atoms with Crippen LogP contribution in [0, 0.1) is 11.8 Å². The van der Waals surface area contributed by atoms with Gasteiger partial charge in [0, 0.05) is 37.0 Å². The molecule has 9 N–H and O–H groups in total. The number of likely N-dealkylation sites (tertiary alicyclic amines) is 1. The summed E-state index contributed by atoms with van der Waals surface area (Å²) in [6.07, 6.45) is 0.00866. The van der Waals surface area contributed by atoms with Gasteiger partial charge in [-0.2, -0.15) is 25.3 Å². The van der Waals surface area contributed by atoms with Crippen molar-refractivity contribution in [2.45, 2.75) is 68.4 Å². The number of aliphatic hydroxyl groups excluding tert-OH is 1. The van der Waals surface area contributed by atoms with E-state index in [1.165, 1.54) is 24.0 Å². The van der Waals surface area contributed by atoms with E-state index >= 15 is 0 Å². The molecular formula is C29H41N5O10S2. The Balaban J connectivity index is 2.13. The number of phenolic OH excluding ortho intramolecular Hbond substituents is 1. The SMILES string of the molecule is C[C@H](CC(=O)[C@@H](N)[C@@H](S)C(=O)O)C(=O)N1CCC[C@H]1C(=O)N[C@@H](CS)C(=O)C[C@@H](Cc1ccc(O)cc1)C(=O)N[C@@H](CO)C(N)=O. The number of carbonyl (C=O) groups is 7. The number of carbonyl (C=O) groups excluding carboxylic acids is 6. The normalized spacial score (nSPS) is 18.4. The number of aliphatic hydroxyl groups is 1. The number of aromatic hydroxyl groups is 1. The van der Waals surface area contributed by atoms with E-state index in [1.807, 2.05) is 0 Å². The van der Waals surface area contributed by atoms with Gasteiger partial charge in [0.2, 0.25) is 23.6 Å². The van der Waals surface area contributed by atoms with Gasteiger partial charge < -0.3 is 42.3 Å². The van der Waals surface area contributed by atoms with Crippen molar-refractivity contribution in [3.63, 3.8) is 0 Å². The molecule has 0 aromatic heterocycles. The first-order chi connectivity index (χ1) is 21.6. The molecule has 1 fully saturated rings. The summed E-state index contributed by atoms with van der Waals surface area (Å²) in [6, 6.07) is 0.961. The van der Waals surface area contributed by atoms with Gasteiger partial charge in [-0.3, -0.25) is 33.6 Å². The molecule has 7 atom stereocenters. The predicted octanol–water partition coefficient (Wildman–Crippen LogP) is -1.82. The molecular weight excluding hydrogens is 642 g/mol. The molecule has 0 radical (unpaired) electrons. The lowest BCUT2D eigenvalue weighted by Crippen LogP contribution is -2.53. The minimum absolute atomic E-state index is 0.00754. The van der Waals surface area contributed by atoms with Crippen molar-refractivity contribution in [2.24, 2.45) is 23.3 Å². The molecule has 1 aromatic rings. The van der Waals surface area contributed by atoms with E-state index in [4.69, 9.17) is 16.6 Å². The van der Waals surface area contributed by atoms with E-state index in [0.29, 0.717) is 12.0 Å². The van der Waals surface area contributed by atoms with Crippen LogP contribution in [0.4, 0.5) is 0 Å². The van der Waals surface area contributed by atoms with Crippen LogP contribution in [-0.4, -0.2) is 110 Å². The lowest BCUT2D eigenvalue weighted by atomic mass is 9.91. The molecule has 46 heavy (non-hydrogen) atoms. The maximum absolute atomic E-state index is 13.4. The van der Waals surface area contributed by atoms with Crippen LogP contribution in [0.3, 0.4) is 0 Å². The van der Waals surface area contributed by atoms with Crippen molar-refractivity contribution >= 4 is 66.4 Å². The van der Waals surface area contributed by atoms with Gasteiger partial charge in [0.1, 0.15) is 23.1 Å². The van der Waals surface area contributed by atoms with Crippen LogP contribution in [-0.2, 0) is 40.0 Å². The molecule has 1 aromatic carbocycles. The molecule has 0 bridgehead atoms. The second kappa shape index (κ2) is 17.9. The van der Waals surface area contributed by atoms with E-state index < -0.39 is 95.4 Å². The van der Waals surface area contributed by atoms with E-state index in [1.54, 1.807) is 12.1 Å². The van der Waals surface area contributed by atoms with Crippen molar-refractivity contribution in [1.29, 1.82) is 0 Å². The van der Waals surface area contributed by atoms with Crippen molar-refractivity contribution in [3.05, 3.63) is 29.8 Å². The van der Waals surface area contributed by atoms with E-state index in [9.17, 15) is 43.8 Å². The van der Waals surface area contributed by atoms with Gasteiger partial charge in [-0.1, -0.05) is 19.1 Å². The number of aliphatic carboxylic acids is 1. The minimum Gasteiger partial charge on any atom is -0.508 e. The number of amides is 4. The zero-order valence-corrected chi connectivity index (χ0v) is 27.0. The summed E-state index contributed by atoms with van der Waals surface area (Å²) in [7, 11) is 0. The van der Waals surface area contributed by atoms with Gasteiger partial charge in [-0.05, 0) is 37.0 Å². The zero-order valence-electron chi connectivity index (χ0n) is 25.2. The molecule has 1 aliphatic heterocycles. The molecule has 2 rings (SSSR count). The number of primary amides is 1. The monoisotopic (exact) mass is 683 g/mol. The number of carboxylic acid groups (broad SMARTS) is 1. The Morgan fingerprint density at radius 2 is 1.65 bits per heavy atom. The van der Waals surface area contributed by atoms with Crippen molar-refractivity contribution in [1.82, 2.24) is 15.5 Å². The molecule has 1 aliphatic rings. The summed E-state index contributed by atoms with van der Waals surface area (Å²) >= 11 is 8.02. The van der Waals surface area contributed by atoms with E-state index in [2.05, 4.69) is 35.9 Å². The molecule has 1 saturated heterocycles. The molecule has 254 valence electrons. The largest absolute Gasteiger partial charge is 0.508 e. The van der Waals surface area contributed by atoms with Crippen LogP contribution < -0.4 is 22.1 Å². The summed E-state index contributed by atoms with van der Waals surface area (Å²) in [6.45, 7) is 0.921. The number of thiol groups is 2. The Morgan fingerprint density at radius 3 is 2.20 bits per heavy atom. The van der Waals surface area contributed by atoms with Gasteiger partial charge in [0.15, 0.2) is 11.6 Å².